The molecule has 2 rings (SSSR count). The molecule has 1 aromatic rings. The monoisotopic (exact) mass is 308 g/mol. The van der Waals surface area contributed by atoms with Gasteiger partial charge in [0.2, 0.25) is 5.91 Å². The average Bonchev–Trinajstić information content (AvgIpc) is 2.49. The molecule has 0 aromatic heterocycles. The van der Waals surface area contributed by atoms with Crippen molar-refractivity contribution in [2.24, 2.45) is 0 Å². The summed E-state index contributed by atoms with van der Waals surface area (Å²) in [4.78, 5) is 25.4. The highest BCUT2D eigenvalue weighted by Crippen LogP contribution is 2.26. The second kappa shape index (κ2) is 7.35. The zero-order valence-corrected chi connectivity index (χ0v) is 12.8. The Hall–Kier alpha value is -1.95. The lowest BCUT2D eigenvalue weighted by molar-refractivity contribution is -0.148. The maximum Gasteiger partial charge on any atom is 0.327 e. The molecule has 2 unspecified atom stereocenters. The highest BCUT2D eigenvalue weighted by molar-refractivity contribution is 5.77. The third-order valence-electron chi connectivity index (χ3n) is 3.84. The van der Waals surface area contributed by atoms with Crippen molar-refractivity contribution in [3.05, 3.63) is 35.6 Å². The van der Waals surface area contributed by atoms with Crippen molar-refractivity contribution in [1.82, 2.24) is 10.2 Å². The van der Waals surface area contributed by atoms with E-state index < -0.39 is 6.04 Å². The minimum atomic E-state index is -0.581. The SMILES string of the molecule is COC(=O)C(c1ccc(F)cc1)N1CCCC(NC(C)=O)C1. The summed E-state index contributed by atoms with van der Waals surface area (Å²) < 4.78 is 18.0. The number of amides is 1. The molecule has 1 heterocycles. The Morgan fingerprint density at radius 3 is 2.64 bits per heavy atom. The minimum absolute atomic E-state index is 0.0128. The predicted octanol–water partition coefficient (Wildman–Crippen LogP) is 1.64. The number of nitrogens with zero attached hydrogens (tertiary/aromatic N) is 1. The number of methoxy groups -OCH3 is 1. The second-order valence-corrected chi connectivity index (χ2v) is 5.51. The first-order valence-corrected chi connectivity index (χ1v) is 7.35. The summed E-state index contributed by atoms with van der Waals surface area (Å²) in [5.41, 5.74) is 0.691. The van der Waals surface area contributed by atoms with Gasteiger partial charge in [-0.15, -0.1) is 0 Å². The first-order valence-electron chi connectivity index (χ1n) is 7.35. The van der Waals surface area contributed by atoms with Gasteiger partial charge in [0.15, 0.2) is 0 Å². The van der Waals surface area contributed by atoms with Crippen LogP contribution >= 0.6 is 0 Å². The van der Waals surface area contributed by atoms with Crippen LogP contribution in [0, 0.1) is 5.82 Å². The van der Waals surface area contributed by atoms with Crippen LogP contribution in [0.3, 0.4) is 0 Å². The fourth-order valence-corrected chi connectivity index (χ4v) is 2.90. The van der Waals surface area contributed by atoms with E-state index in [1.807, 2.05) is 4.90 Å². The fraction of sp³-hybridized carbons (Fsp3) is 0.500. The summed E-state index contributed by atoms with van der Waals surface area (Å²) in [5.74, 6) is -0.805. The van der Waals surface area contributed by atoms with E-state index in [0.717, 1.165) is 19.4 Å². The molecule has 1 saturated heterocycles. The molecule has 6 heteroatoms. The molecule has 1 aromatic carbocycles. The number of nitrogens with one attached hydrogen (secondary N) is 1. The van der Waals surface area contributed by atoms with E-state index in [4.69, 9.17) is 4.74 Å². The minimum Gasteiger partial charge on any atom is -0.468 e. The number of hydrogen-bond acceptors (Lipinski definition) is 4. The van der Waals surface area contributed by atoms with Gasteiger partial charge >= 0.3 is 5.97 Å². The van der Waals surface area contributed by atoms with Gasteiger partial charge in [0, 0.05) is 19.5 Å². The van der Waals surface area contributed by atoms with E-state index in [0.29, 0.717) is 12.1 Å². The van der Waals surface area contributed by atoms with Crippen molar-refractivity contribution in [2.75, 3.05) is 20.2 Å². The molecule has 0 bridgehead atoms. The van der Waals surface area contributed by atoms with Crippen LogP contribution in [0.4, 0.5) is 4.39 Å². The number of ether oxygens (including phenoxy) is 1. The molecular formula is C16H21FN2O3. The lowest BCUT2D eigenvalue weighted by Crippen LogP contribution is -2.49. The number of hydrogen-bond donors (Lipinski definition) is 1. The third kappa shape index (κ3) is 4.04. The topological polar surface area (TPSA) is 58.6 Å². The number of benzene rings is 1. The number of carbonyl (C=O) groups is 2. The first-order chi connectivity index (χ1) is 10.5. The van der Waals surface area contributed by atoms with Crippen molar-refractivity contribution in [2.45, 2.75) is 31.8 Å². The maximum atomic E-state index is 13.1. The smallest absolute Gasteiger partial charge is 0.327 e. The van der Waals surface area contributed by atoms with Crippen LogP contribution in [0.2, 0.25) is 0 Å². The van der Waals surface area contributed by atoms with E-state index in [-0.39, 0.29) is 23.7 Å². The largest absolute Gasteiger partial charge is 0.468 e. The van der Waals surface area contributed by atoms with Crippen LogP contribution in [0.25, 0.3) is 0 Å². The second-order valence-electron chi connectivity index (χ2n) is 5.51. The van der Waals surface area contributed by atoms with Crippen LogP contribution in [0.5, 0.6) is 0 Å². The molecule has 1 fully saturated rings. The van der Waals surface area contributed by atoms with E-state index in [1.54, 1.807) is 12.1 Å². The van der Waals surface area contributed by atoms with Gasteiger partial charge in [0.1, 0.15) is 11.9 Å². The van der Waals surface area contributed by atoms with Crippen LogP contribution in [-0.4, -0.2) is 43.0 Å². The molecule has 1 aliphatic rings. The van der Waals surface area contributed by atoms with Crippen molar-refractivity contribution in [3.8, 4) is 0 Å². The van der Waals surface area contributed by atoms with Crippen LogP contribution in [0.1, 0.15) is 31.4 Å². The Labute approximate surface area is 129 Å². The fourth-order valence-electron chi connectivity index (χ4n) is 2.90. The van der Waals surface area contributed by atoms with Gasteiger partial charge in [-0.3, -0.25) is 9.69 Å². The number of piperidine rings is 1. The Balaban J connectivity index is 2.19. The van der Waals surface area contributed by atoms with Crippen molar-refractivity contribution >= 4 is 11.9 Å². The molecular weight excluding hydrogens is 287 g/mol. The molecule has 120 valence electrons. The van der Waals surface area contributed by atoms with Gasteiger partial charge < -0.3 is 10.1 Å². The first kappa shape index (κ1) is 16.4. The highest BCUT2D eigenvalue weighted by Gasteiger charge is 2.32. The molecule has 0 radical (unpaired) electrons. The van der Waals surface area contributed by atoms with Crippen LogP contribution in [0.15, 0.2) is 24.3 Å². The Bertz CT molecular complexity index is 533. The van der Waals surface area contributed by atoms with Gasteiger partial charge in [-0.2, -0.15) is 0 Å². The molecule has 0 saturated carbocycles. The molecule has 22 heavy (non-hydrogen) atoms. The molecule has 1 amide bonds. The van der Waals surface area contributed by atoms with Crippen molar-refractivity contribution < 1.29 is 18.7 Å². The average molecular weight is 308 g/mol. The summed E-state index contributed by atoms with van der Waals surface area (Å²) in [5, 5.41) is 2.89. The predicted molar refractivity (Wildman–Crippen MR) is 79.6 cm³/mol. The summed E-state index contributed by atoms with van der Waals surface area (Å²) in [6.45, 7) is 2.78. The Morgan fingerprint density at radius 2 is 2.05 bits per heavy atom. The molecule has 0 aliphatic carbocycles. The molecule has 0 spiro atoms. The molecule has 5 nitrogen and oxygen atoms in total. The van der Waals surface area contributed by atoms with E-state index in [9.17, 15) is 14.0 Å². The molecule has 1 aliphatic heterocycles. The molecule has 2 atom stereocenters. The van der Waals surface area contributed by atoms with Crippen molar-refractivity contribution in [3.63, 3.8) is 0 Å². The van der Waals surface area contributed by atoms with Gasteiger partial charge in [0.05, 0.1) is 7.11 Å². The summed E-state index contributed by atoms with van der Waals surface area (Å²) in [6, 6.07) is 5.29. The number of rotatable bonds is 4. The summed E-state index contributed by atoms with van der Waals surface area (Å²) in [7, 11) is 1.34. The lowest BCUT2D eigenvalue weighted by atomic mass is 9.99. The quantitative estimate of drug-likeness (QED) is 0.859. The zero-order valence-electron chi connectivity index (χ0n) is 12.8. The highest BCUT2D eigenvalue weighted by atomic mass is 19.1. The Kier molecular flexibility index (Phi) is 5.49. The normalized spacial score (nSPS) is 20.2. The van der Waals surface area contributed by atoms with Gasteiger partial charge in [-0.25, -0.2) is 9.18 Å². The zero-order chi connectivity index (χ0) is 16.1. The Morgan fingerprint density at radius 1 is 1.36 bits per heavy atom. The lowest BCUT2D eigenvalue weighted by Gasteiger charge is -2.37. The molecule has 1 N–H and O–H groups in total. The summed E-state index contributed by atoms with van der Waals surface area (Å²) >= 11 is 0. The summed E-state index contributed by atoms with van der Waals surface area (Å²) in [6.07, 6.45) is 1.76. The van der Waals surface area contributed by atoms with Gasteiger partial charge in [-0.05, 0) is 37.1 Å². The number of esters is 1. The van der Waals surface area contributed by atoms with Crippen LogP contribution < -0.4 is 5.32 Å². The third-order valence-corrected chi connectivity index (χ3v) is 3.84. The van der Waals surface area contributed by atoms with E-state index >= 15 is 0 Å². The van der Waals surface area contributed by atoms with E-state index in [1.165, 1.54) is 26.2 Å². The number of likely N-dealkylation sites (tertiary alicyclic amines) is 1. The number of carbonyl (C=O) groups excluding carboxylic acids is 2. The van der Waals surface area contributed by atoms with Crippen LogP contribution in [-0.2, 0) is 14.3 Å². The van der Waals surface area contributed by atoms with Crippen molar-refractivity contribution in [1.29, 1.82) is 0 Å². The van der Waals surface area contributed by atoms with E-state index in [2.05, 4.69) is 5.32 Å². The van der Waals surface area contributed by atoms with Gasteiger partial charge in [-0.1, -0.05) is 12.1 Å². The van der Waals surface area contributed by atoms with Gasteiger partial charge in [0.25, 0.3) is 0 Å². The number of halogens is 1. The standard InChI is InChI=1S/C16H21FN2O3/c1-11(20)18-14-4-3-9-19(10-14)15(16(21)22-2)12-5-7-13(17)8-6-12/h5-8,14-15H,3-4,9-10H2,1-2H3,(H,18,20). The maximum absolute atomic E-state index is 13.1.